The van der Waals surface area contributed by atoms with Crippen LogP contribution in [0.15, 0.2) is 60.8 Å². The molecule has 0 aliphatic heterocycles. The van der Waals surface area contributed by atoms with Crippen LogP contribution in [0.3, 0.4) is 0 Å². The summed E-state index contributed by atoms with van der Waals surface area (Å²) >= 11 is 0. The lowest BCUT2D eigenvalue weighted by Gasteiger charge is -2.27. The third-order valence-corrected chi connectivity index (χ3v) is 5.64. The molecule has 6 nitrogen and oxygen atoms in total. The van der Waals surface area contributed by atoms with Crippen LogP contribution in [0, 0.1) is 6.92 Å². The van der Waals surface area contributed by atoms with Crippen molar-refractivity contribution in [3.63, 3.8) is 0 Å². The van der Waals surface area contributed by atoms with Gasteiger partial charge in [-0.3, -0.25) is 0 Å². The van der Waals surface area contributed by atoms with Crippen molar-refractivity contribution in [3.8, 4) is 11.6 Å². The van der Waals surface area contributed by atoms with Gasteiger partial charge in [-0.05, 0) is 23.6 Å². The van der Waals surface area contributed by atoms with Gasteiger partial charge >= 0.3 is 5.97 Å². The smallest absolute Gasteiger partial charge is 0.330 e. The number of benzene rings is 2. The number of nitrogens with one attached hydrogen (secondary N) is 1. The van der Waals surface area contributed by atoms with E-state index >= 15 is 0 Å². The van der Waals surface area contributed by atoms with E-state index in [0.29, 0.717) is 36.8 Å². The van der Waals surface area contributed by atoms with E-state index in [0.717, 1.165) is 17.5 Å². The Morgan fingerprint density at radius 1 is 1.13 bits per heavy atom. The average Bonchev–Trinajstić information content (AvgIpc) is 3.13. The van der Waals surface area contributed by atoms with E-state index in [9.17, 15) is 9.90 Å². The van der Waals surface area contributed by atoms with Crippen molar-refractivity contribution in [1.29, 1.82) is 0 Å². The van der Waals surface area contributed by atoms with Crippen LogP contribution in [0.1, 0.15) is 22.3 Å². The van der Waals surface area contributed by atoms with E-state index in [2.05, 4.69) is 35.4 Å². The van der Waals surface area contributed by atoms with Gasteiger partial charge in [-0.25, -0.2) is 9.78 Å². The minimum absolute atomic E-state index is 0.369. The third kappa shape index (κ3) is 4.48. The molecule has 1 aliphatic rings. The number of carbonyl (C=O) groups is 1. The maximum Gasteiger partial charge on any atom is 0.330 e. The molecule has 0 atom stereocenters. The minimum atomic E-state index is -1.11. The number of rotatable bonds is 8. The summed E-state index contributed by atoms with van der Waals surface area (Å²) < 4.78 is 11.3. The molecule has 160 valence electrons. The first-order valence-corrected chi connectivity index (χ1v) is 10.3. The van der Waals surface area contributed by atoms with Gasteiger partial charge in [-0.2, -0.15) is 0 Å². The zero-order valence-corrected chi connectivity index (χ0v) is 17.7. The Hall–Kier alpha value is -3.54. The van der Waals surface area contributed by atoms with Gasteiger partial charge in [-0.1, -0.05) is 54.1 Å². The van der Waals surface area contributed by atoms with E-state index in [1.165, 1.54) is 18.2 Å². The molecule has 0 fully saturated rings. The van der Waals surface area contributed by atoms with Crippen molar-refractivity contribution in [2.45, 2.75) is 31.7 Å². The van der Waals surface area contributed by atoms with Crippen LogP contribution in [-0.2, 0) is 24.1 Å². The normalized spacial score (nSPS) is 14.0. The summed E-state index contributed by atoms with van der Waals surface area (Å²) in [5.41, 5.74) is 3.97. The highest BCUT2D eigenvalue weighted by molar-refractivity contribution is 5.85. The summed E-state index contributed by atoms with van der Waals surface area (Å²) in [4.78, 5) is 16.5. The molecule has 6 heteroatoms. The molecule has 0 bridgehead atoms. The summed E-state index contributed by atoms with van der Waals surface area (Å²) in [5, 5.41) is 13.2. The standard InChI is InChI=1S/C25H26N2O4/c1-17-6-5-7-18(12-17)10-11-31-22-13-21(16-26-23(22)30-2)27-25(24(28)29)14-19-8-3-4-9-20(19)15-25/h3-9,12-13,16,27H,10-11,14-15H2,1-2H3,(H,28,29). The SMILES string of the molecule is COc1ncc(NC2(C(=O)O)Cc3ccccc3C2)cc1OCCc1cccc(C)c1. The molecule has 0 saturated carbocycles. The van der Waals surface area contributed by atoms with E-state index in [1.54, 1.807) is 12.3 Å². The van der Waals surface area contributed by atoms with Gasteiger partial charge in [-0.15, -0.1) is 0 Å². The molecule has 2 aromatic carbocycles. The molecule has 0 amide bonds. The van der Waals surface area contributed by atoms with Gasteiger partial charge in [0.1, 0.15) is 5.54 Å². The molecule has 2 N–H and O–H groups in total. The van der Waals surface area contributed by atoms with E-state index in [-0.39, 0.29) is 0 Å². The number of aliphatic carboxylic acids is 1. The fraction of sp³-hybridized carbons (Fsp3) is 0.280. The third-order valence-electron chi connectivity index (χ3n) is 5.64. The predicted molar refractivity (Wildman–Crippen MR) is 119 cm³/mol. The van der Waals surface area contributed by atoms with Crippen molar-refractivity contribution in [2.75, 3.05) is 19.0 Å². The van der Waals surface area contributed by atoms with Gasteiger partial charge < -0.3 is 19.9 Å². The Labute approximate surface area is 181 Å². The molecule has 0 unspecified atom stereocenters. The highest BCUT2D eigenvalue weighted by atomic mass is 16.5. The first-order valence-electron chi connectivity index (χ1n) is 10.3. The Kier molecular flexibility index (Phi) is 5.80. The van der Waals surface area contributed by atoms with Gasteiger partial charge in [0.15, 0.2) is 5.75 Å². The zero-order chi connectivity index (χ0) is 21.8. The highest BCUT2D eigenvalue weighted by Gasteiger charge is 2.44. The summed E-state index contributed by atoms with van der Waals surface area (Å²) in [6, 6.07) is 17.9. The van der Waals surface area contributed by atoms with Crippen LogP contribution in [0.4, 0.5) is 5.69 Å². The lowest BCUT2D eigenvalue weighted by Crippen LogP contribution is -2.47. The number of hydrogen-bond acceptors (Lipinski definition) is 5. The van der Waals surface area contributed by atoms with Gasteiger partial charge in [0.2, 0.25) is 0 Å². The van der Waals surface area contributed by atoms with Crippen molar-refractivity contribution in [2.24, 2.45) is 0 Å². The lowest BCUT2D eigenvalue weighted by molar-refractivity contribution is -0.142. The largest absolute Gasteiger partial charge is 0.488 e. The number of carboxylic acid groups (broad SMARTS) is 1. The Morgan fingerprint density at radius 2 is 1.87 bits per heavy atom. The second-order valence-corrected chi connectivity index (χ2v) is 7.95. The summed E-state index contributed by atoms with van der Waals surface area (Å²) in [6.07, 6.45) is 3.15. The number of aryl methyl sites for hydroxylation is 1. The predicted octanol–water partition coefficient (Wildman–Crippen LogP) is 4.05. The number of ether oxygens (including phenoxy) is 2. The Balaban J connectivity index is 1.50. The number of fused-ring (bicyclic) bond motifs is 1. The molecule has 0 spiro atoms. The maximum absolute atomic E-state index is 12.2. The molecule has 1 aliphatic carbocycles. The number of methoxy groups -OCH3 is 1. The van der Waals surface area contributed by atoms with Crippen LogP contribution in [-0.4, -0.2) is 35.3 Å². The summed E-state index contributed by atoms with van der Waals surface area (Å²) in [7, 11) is 1.54. The second-order valence-electron chi connectivity index (χ2n) is 7.95. The Morgan fingerprint density at radius 3 is 2.52 bits per heavy atom. The molecular weight excluding hydrogens is 392 g/mol. The molecule has 4 rings (SSSR count). The molecule has 1 aromatic heterocycles. The van der Waals surface area contributed by atoms with Crippen molar-refractivity contribution in [1.82, 2.24) is 4.98 Å². The quantitative estimate of drug-likeness (QED) is 0.574. The van der Waals surface area contributed by atoms with Crippen LogP contribution in [0.25, 0.3) is 0 Å². The zero-order valence-electron chi connectivity index (χ0n) is 17.7. The van der Waals surface area contributed by atoms with Gasteiger partial charge in [0, 0.05) is 25.3 Å². The topological polar surface area (TPSA) is 80.7 Å². The molecule has 1 heterocycles. The molecule has 0 radical (unpaired) electrons. The molecule has 0 saturated heterocycles. The average molecular weight is 418 g/mol. The number of nitrogens with zero attached hydrogens (tertiary/aromatic N) is 1. The van der Waals surface area contributed by atoms with Crippen molar-refractivity contribution >= 4 is 11.7 Å². The van der Waals surface area contributed by atoms with Crippen molar-refractivity contribution in [3.05, 3.63) is 83.0 Å². The number of aromatic nitrogens is 1. The number of hydrogen-bond donors (Lipinski definition) is 2. The van der Waals surface area contributed by atoms with Crippen LogP contribution in [0.5, 0.6) is 11.6 Å². The summed E-state index contributed by atoms with van der Waals surface area (Å²) in [6.45, 7) is 2.52. The summed E-state index contributed by atoms with van der Waals surface area (Å²) in [5.74, 6) is -0.0356. The second kappa shape index (κ2) is 8.68. The monoisotopic (exact) mass is 418 g/mol. The maximum atomic E-state index is 12.2. The van der Waals surface area contributed by atoms with E-state index in [4.69, 9.17) is 9.47 Å². The van der Waals surface area contributed by atoms with Crippen molar-refractivity contribution < 1.29 is 19.4 Å². The first-order chi connectivity index (χ1) is 15.0. The van der Waals surface area contributed by atoms with Crippen LogP contribution >= 0.6 is 0 Å². The lowest BCUT2D eigenvalue weighted by atomic mass is 9.95. The van der Waals surface area contributed by atoms with Crippen LogP contribution < -0.4 is 14.8 Å². The fourth-order valence-corrected chi connectivity index (χ4v) is 4.09. The fourth-order valence-electron chi connectivity index (χ4n) is 4.09. The van der Waals surface area contributed by atoms with E-state index in [1.807, 2.05) is 30.3 Å². The highest BCUT2D eigenvalue weighted by Crippen LogP contribution is 2.35. The number of carboxylic acids is 1. The number of anilines is 1. The first kappa shape index (κ1) is 20.7. The Bertz CT molecular complexity index is 1070. The minimum Gasteiger partial charge on any atom is -0.488 e. The van der Waals surface area contributed by atoms with E-state index < -0.39 is 11.5 Å². The molecular formula is C25H26N2O4. The van der Waals surface area contributed by atoms with Crippen LogP contribution in [0.2, 0.25) is 0 Å². The number of pyridine rings is 1. The van der Waals surface area contributed by atoms with Gasteiger partial charge in [0.25, 0.3) is 5.88 Å². The molecule has 31 heavy (non-hydrogen) atoms. The molecule has 3 aromatic rings. The van der Waals surface area contributed by atoms with Gasteiger partial charge in [0.05, 0.1) is 25.6 Å².